The number of carbonyl (C=O) groups excluding carboxylic acids is 1. The smallest absolute Gasteiger partial charge is 0.416 e. The van der Waals surface area contributed by atoms with E-state index in [4.69, 9.17) is 4.74 Å². The van der Waals surface area contributed by atoms with Gasteiger partial charge in [0.05, 0.1) is 5.56 Å². The van der Waals surface area contributed by atoms with Crippen LogP contribution in [0.1, 0.15) is 47.2 Å². The Bertz CT molecular complexity index is 892. The number of rotatable bonds is 6. The first-order valence-corrected chi connectivity index (χ1v) is 10.8. The number of carbonyl (C=O) groups is 1. The monoisotopic (exact) mass is 432 g/mol. The normalized spacial score (nSPS) is 19.7. The van der Waals surface area contributed by atoms with Crippen LogP contribution in [0.25, 0.3) is 0 Å². The summed E-state index contributed by atoms with van der Waals surface area (Å²) in [6.07, 6.45) is 0.0921. The van der Waals surface area contributed by atoms with Crippen LogP contribution in [0.2, 0.25) is 0 Å². The van der Waals surface area contributed by atoms with Crippen LogP contribution >= 0.6 is 0 Å². The summed E-state index contributed by atoms with van der Waals surface area (Å²) in [5, 5.41) is 0. The maximum Gasteiger partial charge on any atom is 0.416 e. The minimum Gasteiger partial charge on any atom is -0.489 e. The average molecular weight is 432 g/mol. The minimum absolute atomic E-state index is 0.00987. The van der Waals surface area contributed by atoms with Crippen LogP contribution in [-0.2, 0) is 12.8 Å². The highest BCUT2D eigenvalue weighted by Crippen LogP contribution is 2.32. The Hall–Kier alpha value is -2.54. The first-order valence-electron chi connectivity index (χ1n) is 10.8. The van der Waals surface area contributed by atoms with Gasteiger partial charge in [-0.1, -0.05) is 18.2 Å². The van der Waals surface area contributed by atoms with Gasteiger partial charge in [-0.2, -0.15) is 13.2 Å². The third kappa shape index (κ3) is 5.21. The second kappa shape index (κ2) is 9.30. The number of ether oxygens (including phenoxy) is 1. The lowest BCUT2D eigenvalue weighted by atomic mass is 10.1. The largest absolute Gasteiger partial charge is 0.489 e. The van der Waals surface area contributed by atoms with Crippen LogP contribution in [0.4, 0.5) is 13.2 Å². The number of benzene rings is 2. The molecule has 0 saturated carbocycles. The summed E-state index contributed by atoms with van der Waals surface area (Å²) in [7, 11) is 0. The predicted octanol–water partition coefficient (Wildman–Crippen LogP) is 4.98. The van der Waals surface area contributed by atoms with Crippen molar-refractivity contribution >= 4 is 5.91 Å². The van der Waals surface area contributed by atoms with Crippen LogP contribution in [-0.4, -0.2) is 47.9 Å². The van der Waals surface area contributed by atoms with Crippen molar-refractivity contribution < 1.29 is 22.7 Å². The zero-order valence-corrected chi connectivity index (χ0v) is 17.4. The van der Waals surface area contributed by atoms with Gasteiger partial charge in [0.2, 0.25) is 0 Å². The third-order valence-corrected chi connectivity index (χ3v) is 6.12. The summed E-state index contributed by atoms with van der Waals surface area (Å²) in [6.45, 7) is 3.74. The molecule has 0 unspecified atom stereocenters. The molecule has 2 fully saturated rings. The molecule has 2 saturated heterocycles. The fourth-order valence-corrected chi connectivity index (χ4v) is 4.50. The lowest BCUT2D eigenvalue weighted by Gasteiger charge is -2.28. The van der Waals surface area contributed by atoms with Crippen molar-refractivity contribution in [1.82, 2.24) is 9.80 Å². The summed E-state index contributed by atoms with van der Waals surface area (Å²) >= 11 is 0. The molecule has 4 nitrogen and oxygen atoms in total. The van der Waals surface area contributed by atoms with E-state index in [0.29, 0.717) is 11.3 Å². The van der Waals surface area contributed by atoms with Crippen LogP contribution in [0.15, 0.2) is 48.5 Å². The Morgan fingerprint density at radius 1 is 0.968 bits per heavy atom. The molecule has 2 aliphatic heterocycles. The van der Waals surface area contributed by atoms with Crippen molar-refractivity contribution in [2.24, 2.45) is 0 Å². The van der Waals surface area contributed by atoms with Gasteiger partial charge in [-0.3, -0.25) is 4.79 Å². The van der Waals surface area contributed by atoms with Crippen molar-refractivity contribution in [3.05, 3.63) is 65.2 Å². The number of likely N-dealkylation sites (tertiary alicyclic amines) is 2. The van der Waals surface area contributed by atoms with Gasteiger partial charge in [0.25, 0.3) is 5.91 Å². The van der Waals surface area contributed by atoms with Gasteiger partial charge < -0.3 is 14.5 Å². The summed E-state index contributed by atoms with van der Waals surface area (Å²) < 4.78 is 44.9. The van der Waals surface area contributed by atoms with Gasteiger partial charge >= 0.3 is 6.18 Å². The van der Waals surface area contributed by atoms with E-state index >= 15 is 0 Å². The highest BCUT2D eigenvalue weighted by molar-refractivity contribution is 5.94. The van der Waals surface area contributed by atoms with E-state index in [1.807, 2.05) is 4.90 Å². The molecule has 166 valence electrons. The van der Waals surface area contributed by atoms with E-state index in [9.17, 15) is 18.0 Å². The maximum atomic E-state index is 13.1. The second-order valence-corrected chi connectivity index (χ2v) is 8.27. The standard InChI is InChI=1S/C24H27F3N2O2/c25-24(26,27)22-8-2-1-6-19(22)17-31-21-11-9-18(10-12-21)23(30)29-15-5-7-20(29)16-28-13-3-4-14-28/h1-2,6,8-12,20H,3-5,7,13-17H2/t20-/m0/s1. The lowest BCUT2D eigenvalue weighted by Crippen LogP contribution is -2.42. The number of nitrogens with zero attached hydrogens (tertiary/aromatic N) is 2. The molecule has 0 aliphatic carbocycles. The Kier molecular flexibility index (Phi) is 6.51. The number of halogens is 3. The quantitative estimate of drug-likeness (QED) is 0.645. The van der Waals surface area contributed by atoms with E-state index in [-0.39, 0.29) is 24.1 Å². The number of hydrogen-bond donors (Lipinski definition) is 0. The first kappa shape index (κ1) is 21.7. The minimum atomic E-state index is -4.42. The molecule has 4 rings (SSSR count). The second-order valence-electron chi connectivity index (χ2n) is 8.27. The molecule has 0 radical (unpaired) electrons. The molecule has 7 heteroatoms. The van der Waals surface area contributed by atoms with E-state index in [2.05, 4.69) is 4.90 Å². The fraction of sp³-hybridized carbons (Fsp3) is 0.458. The van der Waals surface area contributed by atoms with Crippen LogP contribution in [0.5, 0.6) is 5.75 Å². The summed E-state index contributed by atoms with van der Waals surface area (Å²) in [5.41, 5.74) is -0.0341. The molecule has 2 aromatic rings. The molecule has 2 heterocycles. The van der Waals surface area contributed by atoms with Gasteiger partial charge in [0.15, 0.2) is 0 Å². The van der Waals surface area contributed by atoms with Gasteiger partial charge in [0, 0.05) is 30.3 Å². The number of hydrogen-bond acceptors (Lipinski definition) is 3. The molecule has 1 amide bonds. The SMILES string of the molecule is O=C(c1ccc(OCc2ccccc2C(F)(F)F)cc1)N1CCC[C@H]1CN1CCCC1. The molecular formula is C24H27F3N2O2. The average Bonchev–Trinajstić information content (AvgIpc) is 3.44. The zero-order chi connectivity index (χ0) is 21.8. The fourth-order valence-electron chi connectivity index (χ4n) is 4.50. The van der Waals surface area contributed by atoms with E-state index in [0.717, 1.165) is 45.1 Å². The molecule has 0 N–H and O–H groups in total. The van der Waals surface area contributed by atoms with Crippen molar-refractivity contribution in [3.63, 3.8) is 0 Å². The lowest BCUT2D eigenvalue weighted by molar-refractivity contribution is -0.138. The Morgan fingerprint density at radius 3 is 2.39 bits per heavy atom. The van der Waals surface area contributed by atoms with Gasteiger partial charge in [0.1, 0.15) is 12.4 Å². The van der Waals surface area contributed by atoms with Gasteiger partial charge in [-0.05, 0) is 69.1 Å². The van der Waals surface area contributed by atoms with E-state index in [1.54, 1.807) is 30.3 Å². The summed E-state index contributed by atoms with van der Waals surface area (Å²) in [5.74, 6) is 0.444. The Labute approximate surface area is 180 Å². The number of amides is 1. The Balaban J connectivity index is 1.37. The molecule has 2 aliphatic rings. The first-order chi connectivity index (χ1) is 14.9. The van der Waals surface area contributed by atoms with Gasteiger partial charge in [-0.15, -0.1) is 0 Å². The molecule has 31 heavy (non-hydrogen) atoms. The Morgan fingerprint density at radius 2 is 1.68 bits per heavy atom. The van der Waals surface area contributed by atoms with E-state index < -0.39 is 11.7 Å². The molecule has 2 aromatic carbocycles. The molecule has 1 atom stereocenters. The predicted molar refractivity (Wildman–Crippen MR) is 112 cm³/mol. The van der Waals surface area contributed by atoms with Crippen molar-refractivity contribution in [2.45, 2.75) is 44.5 Å². The van der Waals surface area contributed by atoms with Gasteiger partial charge in [-0.25, -0.2) is 0 Å². The van der Waals surface area contributed by atoms with Crippen LogP contribution < -0.4 is 4.74 Å². The van der Waals surface area contributed by atoms with Crippen LogP contribution in [0.3, 0.4) is 0 Å². The van der Waals surface area contributed by atoms with Crippen molar-refractivity contribution in [1.29, 1.82) is 0 Å². The topological polar surface area (TPSA) is 32.8 Å². The molecular weight excluding hydrogens is 405 g/mol. The van der Waals surface area contributed by atoms with Crippen molar-refractivity contribution in [2.75, 3.05) is 26.2 Å². The summed E-state index contributed by atoms with van der Waals surface area (Å²) in [6, 6.07) is 12.3. The number of alkyl halides is 3. The van der Waals surface area contributed by atoms with Crippen molar-refractivity contribution in [3.8, 4) is 5.75 Å². The zero-order valence-electron chi connectivity index (χ0n) is 17.4. The molecule has 0 bridgehead atoms. The van der Waals surface area contributed by atoms with Crippen LogP contribution in [0, 0.1) is 0 Å². The third-order valence-electron chi connectivity index (χ3n) is 6.12. The highest BCUT2D eigenvalue weighted by Gasteiger charge is 2.33. The molecule has 0 spiro atoms. The molecule has 0 aromatic heterocycles. The highest BCUT2D eigenvalue weighted by atomic mass is 19.4. The van der Waals surface area contributed by atoms with E-state index in [1.165, 1.54) is 25.0 Å². The summed E-state index contributed by atoms with van der Waals surface area (Å²) in [4.78, 5) is 17.4. The maximum absolute atomic E-state index is 13.1.